The molecule has 0 N–H and O–H groups in total. The summed E-state index contributed by atoms with van der Waals surface area (Å²) in [5.41, 5.74) is 1.42. The molecular formula is C16H21N. The molecule has 90 valence electrons. The van der Waals surface area contributed by atoms with E-state index in [0.29, 0.717) is 0 Å². The molecule has 1 atom stereocenters. The molecule has 0 radical (unpaired) electrons. The Hall–Kier alpha value is -1.26. The zero-order valence-electron chi connectivity index (χ0n) is 10.4. The predicted molar refractivity (Wildman–Crippen MR) is 72.5 cm³/mol. The molecule has 1 fully saturated rings. The molecule has 1 unspecified atom stereocenters. The molecule has 0 amide bonds. The van der Waals surface area contributed by atoms with E-state index in [-0.39, 0.29) is 0 Å². The van der Waals surface area contributed by atoms with Gasteiger partial charge in [-0.25, -0.2) is 0 Å². The maximum Gasteiger partial charge on any atom is 0.0233 e. The quantitative estimate of drug-likeness (QED) is 0.713. The van der Waals surface area contributed by atoms with E-state index in [4.69, 9.17) is 6.42 Å². The van der Waals surface area contributed by atoms with Crippen LogP contribution in [0.3, 0.4) is 0 Å². The van der Waals surface area contributed by atoms with Gasteiger partial charge in [-0.2, -0.15) is 0 Å². The third-order valence-electron chi connectivity index (χ3n) is 3.55. The summed E-state index contributed by atoms with van der Waals surface area (Å²) < 4.78 is 0. The number of rotatable bonds is 4. The van der Waals surface area contributed by atoms with Crippen LogP contribution in [0.1, 0.15) is 31.2 Å². The standard InChI is InChI=1S/C16H21N/c1-2-3-8-15-11-7-12-17(13-15)14-16-9-5-4-6-10-16/h1,4-6,9-10,15H,3,7-8,11-14H2. The molecule has 0 spiro atoms. The van der Waals surface area contributed by atoms with Crippen LogP contribution in [0, 0.1) is 18.3 Å². The third kappa shape index (κ3) is 3.91. The first-order valence-corrected chi connectivity index (χ1v) is 6.58. The Morgan fingerprint density at radius 2 is 2.12 bits per heavy atom. The molecule has 1 heteroatoms. The predicted octanol–water partition coefficient (Wildman–Crippen LogP) is 3.31. The lowest BCUT2D eigenvalue weighted by Crippen LogP contribution is -2.34. The van der Waals surface area contributed by atoms with Crippen LogP contribution in [0.15, 0.2) is 30.3 Å². The van der Waals surface area contributed by atoms with Gasteiger partial charge < -0.3 is 0 Å². The molecule has 1 heterocycles. The maximum absolute atomic E-state index is 5.34. The normalized spacial score (nSPS) is 21.0. The lowest BCUT2D eigenvalue weighted by molar-refractivity contribution is 0.162. The molecule has 1 saturated heterocycles. The first-order chi connectivity index (χ1) is 8.38. The lowest BCUT2D eigenvalue weighted by atomic mass is 9.93. The number of piperidine rings is 1. The molecule has 0 saturated carbocycles. The molecule has 1 nitrogen and oxygen atoms in total. The summed E-state index contributed by atoms with van der Waals surface area (Å²) in [6, 6.07) is 10.7. The molecule has 2 rings (SSSR count). The second-order valence-corrected chi connectivity index (χ2v) is 4.97. The van der Waals surface area contributed by atoms with Gasteiger partial charge >= 0.3 is 0 Å². The van der Waals surface area contributed by atoms with E-state index in [1.165, 1.54) is 37.9 Å². The summed E-state index contributed by atoms with van der Waals surface area (Å²) in [6.45, 7) is 3.55. The smallest absolute Gasteiger partial charge is 0.0233 e. The number of hydrogen-bond acceptors (Lipinski definition) is 1. The van der Waals surface area contributed by atoms with Crippen LogP contribution in [0.25, 0.3) is 0 Å². The maximum atomic E-state index is 5.34. The van der Waals surface area contributed by atoms with Gasteiger partial charge in [0.05, 0.1) is 0 Å². The average Bonchev–Trinajstić information content (AvgIpc) is 2.38. The molecular weight excluding hydrogens is 206 g/mol. The number of terminal acetylenes is 1. The van der Waals surface area contributed by atoms with Crippen molar-refractivity contribution in [3.8, 4) is 12.3 Å². The minimum atomic E-state index is 0.809. The van der Waals surface area contributed by atoms with Gasteiger partial charge in [-0.05, 0) is 37.3 Å². The van der Waals surface area contributed by atoms with Gasteiger partial charge in [0.2, 0.25) is 0 Å². The Kier molecular flexibility index (Phi) is 4.64. The van der Waals surface area contributed by atoms with Crippen LogP contribution >= 0.6 is 0 Å². The van der Waals surface area contributed by atoms with E-state index in [1.54, 1.807) is 0 Å². The summed E-state index contributed by atoms with van der Waals surface area (Å²) in [7, 11) is 0. The highest BCUT2D eigenvalue weighted by Crippen LogP contribution is 2.22. The monoisotopic (exact) mass is 227 g/mol. The molecule has 0 aliphatic carbocycles. The Labute approximate surface area is 105 Å². The van der Waals surface area contributed by atoms with Gasteiger partial charge in [-0.1, -0.05) is 30.3 Å². The highest BCUT2D eigenvalue weighted by Gasteiger charge is 2.19. The third-order valence-corrected chi connectivity index (χ3v) is 3.55. The number of benzene rings is 1. The molecule has 0 aromatic heterocycles. The second kappa shape index (κ2) is 6.47. The van der Waals surface area contributed by atoms with Crippen molar-refractivity contribution in [2.75, 3.05) is 13.1 Å². The van der Waals surface area contributed by atoms with Crippen molar-refractivity contribution in [2.45, 2.75) is 32.2 Å². The van der Waals surface area contributed by atoms with Crippen molar-refractivity contribution < 1.29 is 0 Å². The first-order valence-electron chi connectivity index (χ1n) is 6.58. The Morgan fingerprint density at radius 1 is 1.29 bits per heavy atom. The Morgan fingerprint density at radius 3 is 2.88 bits per heavy atom. The van der Waals surface area contributed by atoms with Crippen LogP contribution < -0.4 is 0 Å². The highest BCUT2D eigenvalue weighted by atomic mass is 15.1. The van der Waals surface area contributed by atoms with E-state index < -0.39 is 0 Å². The van der Waals surface area contributed by atoms with Gasteiger partial charge in [0.15, 0.2) is 0 Å². The summed E-state index contributed by atoms with van der Waals surface area (Å²) in [5.74, 6) is 3.57. The van der Waals surface area contributed by atoms with Gasteiger partial charge in [0.1, 0.15) is 0 Å². The molecule has 1 aromatic rings. The SMILES string of the molecule is C#CCCC1CCCN(Cc2ccccc2)C1. The van der Waals surface area contributed by atoms with E-state index in [9.17, 15) is 0 Å². The van der Waals surface area contributed by atoms with Crippen LogP contribution in [-0.4, -0.2) is 18.0 Å². The summed E-state index contributed by atoms with van der Waals surface area (Å²) in [4.78, 5) is 2.57. The fourth-order valence-electron chi connectivity index (χ4n) is 2.66. The van der Waals surface area contributed by atoms with Gasteiger partial charge in [-0.15, -0.1) is 12.3 Å². The zero-order valence-corrected chi connectivity index (χ0v) is 10.4. The minimum absolute atomic E-state index is 0.809. The van der Waals surface area contributed by atoms with Gasteiger partial charge in [0, 0.05) is 19.5 Å². The molecule has 1 aliphatic rings. The van der Waals surface area contributed by atoms with Crippen molar-refractivity contribution in [3.05, 3.63) is 35.9 Å². The van der Waals surface area contributed by atoms with Crippen molar-refractivity contribution in [3.63, 3.8) is 0 Å². The lowest BCUT2D eigenvalue weighted by Gasteiger charge is -2.32. The fraction of sp³-hybridized carbons (Fsp3) is 0.500. The van der Waals surface area contributed by atoms with Crippen LogP contribution in [-0.2, 0) is 6.54 Å². The van der Waals surface area contributed by atoms with E-state index in [0.717, 1.165) is 18.9 Å². The number of hydrogen-bond donors (Lipinski definition) is 0. The van der Waals surface area contributed by atoms with Crippen molar-refractivity contribution in [1.82, 2.24) is 4.90 Å². The van der Waals surface area contributed by atoms with Crippen LogP contribution in [0.5, 0.6) is 0 Å². The van der Waals surface area contributed by atoms with Gasteiger partial charge in [-0.3, -0.25) is 4.90 Å². The Bertz CT molecular complexity index is 363. The summed E-state index contributed by atoms with van der Waals surface area (Å²) in [5, 5.41) is 0. The number of likely N-dealkylation sites (tertiary alicyclic amines) is 1. The van der Waals surface area contributed by atoms with Crippen LogP contribution in [0.4, 0.5) is 0 Å². The van der Waals surface area contributed by atoms with Crippen molar-refractivity contribution in [1.29, 1.82) is 0 Å². The topological polar surface area (TPSA) is 3.24 Å². The van der Waals surface area contributed by atoms with E-state index in [1.807, 2.05) is 0 Å². The molecule has 1 aromatic carbocycles. The Balaban J connectivity index is 1.83. The fourth-order valence-corrected chi connectivity index (χ4v) is 2.66. The van der Waals surface area contributed by atoms with Crippen LogP contribution in [0.2, 0.25) is 0 Å². The second-order valence-electron chi connectivity index (χ2n) is 4.97. The number of nitrogens with zero attached hydrogens (tertiary/aromatic N) is 1. The first kappa shape index (κ1) is 12.2. The summed E-state index contributed by atoms with van der Waals surface area (Å²) in [6.07, 6.45) is 10.1. The zero-order chi connectivity index (χ0) is 11.9. The molecule has 0 bridgehead atoms. The van der Waals surface area contributed by atoms with Crippen molar-refractivity contribution >= 4 is 0 Å². The van der Waals surface area contributed by atoms with Crippen molar-refractivity contribution in [2.24, 2.45) is 5.92 Å². The molecule has 1 aliphatic heterocycles. The van der Waals surface area contributed by atoms with Gasteiger partial charge in [0.25, 0.3) is 0 Å². The summed E-state index contributed by atoms with van der Waals surface area (Å²) >= 11 is 0. The highest BCUT2D eigenvalue weighted by molar-refractivity contribution is 5.14. The largest absolute Gasteiger partial charge is 0.299 e. The van der Waals surface area contributed by atoms with E-state index in [2.05, 4.69) is 41.2 Å². The average molecular weight is 227 g/mol. The molecule has 17 heavy (non-hydrogen) atoms. The van der Waals surface area contributed by atoms with E-state index >= 15 is 0 Å². The minimum Gasteiger partial charge on any atom is -0.299 e.